The first-order valence-corrected chi connectivity index (χ1v) is 4.54. The molecular formula is C8H15F3N2. The lowest BCUT2D eigenvalue weighted by Crippen LogP contribution is -2.36. The number of nitrogens with one attached hydrogen (secondary N) is 1. The van der Waals surface area contributed by atoms with Crippen LogP contribution in [-0.4, -0.2) is 43.3 Å². The fourth-order valence-electron chi connectivity index (χ4n) is 1.69. The van der Waals surface area contributed by atoms with E-state index in [1.807, 2.05) is 6.92 Å². The molecule has 0 amide bonds. The summed E-state index contributed by atoms with van der Waals surface area (Å²) in [5.41, 5.74) is 0. The Kier molecular flexibility index (Phi) is 3.55. The van der Waals surface area contributed by atoms with Crippen molar-refractivity contribution in [1.82, 2.24) is 10.2 Å². The van der Waals surface area contributed by atoms with E-state index in [0.29, 0.717) is 13.1 Å². The summed E-state index contributed by atoms with van der Waals surface area (Å²) in [5, 5.41) is 3.15. The van der Waals surface area contributed by atoms with Crippen molar-refractivity contribution in [3.05, 3.63) is 0 Å². The monoisotopic (exact) mass is 196 g/mol. The lowest BCUT2D eigenvalue weighted by molar-refractivity contribution is -0.143. The van der Waals surface area contributed by atoms with Crippen LogP contribution >= 0.6 is 0 Å². The highest BCUT2D eigenvalue weighted by molar-refractivity contribution is 4.81. The van der Waals surface area contributed by atoms with E-state index < -0.39 is 12.7 Å². The molecular weight excluding hydrogens is 181 g/mol. The predicted octanol–water partition coefficient (Wildman–Crippen LogP) is 1.23. The average Bonchev–Trinajstić information content (AvgIpc) is 2.33. The molecule has 2 nitrogen and oxygen atoms in total. The van der Waals surface area contributed by atoms with Gasteiger partial charge in [0.2, 0.25) is 0 Å². The van der Waals surface area contributed by atoms with E-state index in [4.69, 9.17) is 0 Å². The first-order valence-electron chi connectivity index (χ1n) is 4.54. The van der Waals surface area contributed by atoms with Crippen LogP contribution in [0.5, 0.6) is 0 Å². The van der Waals surface area contributed by atoms with Gasteiger partial charge >= 0.3 is 6.18 Å². The van der Waals surface area contributed by atoms with Gasteiger partial charge in [-0.25, -0.2) is 0 Å². The SMILES string of the molecule is CCNC1CCN(CC(F)(F)F)C1. The predicted molar refractivity (Wildman–Crippen MR) is 44.6 cm³/mol. The van der Waals surface area contributed by atoms with Gasteiger partial charge in [0.15, 0.2) is 0 Å². The van der Waals surface area contributed by atoms with Crippen molar-refractivity contribution in [2.45, 2.75) is 25.6 Å². The molecule has 1 saturated heterocycles. The molecule has 0 spiro atoms. The van der Waals surface area contributed by atoms with Crippen LogP contribution in [0.25, 0.3) is 0 Å². The van der Waals surface area contributed by atoms with Gasteiger partial charge in [-0.3, -0.25) is 4.90 Å². The molecule has 1 N–H and O–H groups in total. The lowest BCUT2D eigenvalue weighted by Gasteiger charge is -2.17. The highest BCUT2D eigenvalue weighted by Gasteiger charge is 2.33. The van der Waals surface area contributed by atoms with Crippen molar-refractivity contribution in [1.29, 1.82) is 0 Å². The van der Waals surface area contributed by atoms with Gasteiger partial charge in [0.05, 0.1) is 6.54 Å². The largest absolute Gasteiger partial charge is 0.401 e. The van der Waals surface area contributed by atoms with Crippen LogP contribution in [0.4, 0.5) is 13.2 Å². The molecule has 0 bridgehead atoms. The van der Waals surface area contributed by atoms with Crippen LogP contribution in [-0.2, 0) is 0 Å². The molecule has 78 valence electrons. The Hall–Kier alpha value is -0.290. The summed E-state index contributed by atoms with van der Waals surface area (Å²) >= 11 is 0. The van der Waals surface area contributed by atoms with Crippen molar-refractivity contribution >= 4 is 0 Å². The molecule has 1 rings (SSSR count). The Morgan fingerprint density at radius 2 is 2.15 bits per heavy atom. The van der Waals surface area contributed by atoms with E-state index in [1.54, 1.807) is 0 Å². The molecule has 5 heteroatoms. The van der Waals surface area contributed by atoms with E-state index >= 15 is 0 Å². The fraction of sp³-hybridized carbons (Fsp3) is 1.00. The molecule has 0 aromatic heterocycles. The maximum absolute atomic E-state index is 12.0. The second-order valence-corrected chi connectivity index (χ2v) is 3.39. The maximum atomic E-state index is 12.0. The third-order valence-corrected chi connectivity index (χ3v) is 2.17. The van der Waals surface area contributed by atoms with Gasteiger partial charge in [-0.05, 0) is 13.0 Å². The van der Waals surface area contributed by atoms with E-state index in [0.717, 1.165) is 13.0 Å². The van der Waals surface area contributed by atoms with Crippen LogP contribution in [0.1, 0.15) is 13.3 Å². The maximum Gasteiger partial charge on any atom is 0.401 e. The highest BCUT2D eigenvalue weighted by Crippen LogP contribution is 2.19. The number of rotatable bonds is 3. The van der Waals surface area contributed by atoms with Crippen molar-refractivity contribution < 1.29 is 13.2 Å². The van der Waals surface area contributed by atoms with Gasteiger partial charge in [0.25, 0.3) is 0 Å². The lowest BCUT2D eigenvalue weighted by atomic mass is 10.3. The molecule has 13 heavy (non-hydrogen) atoms. The number of alkyl halides is 3. The van der Waals surface area contributed by atoms with E-state index in [1.165, 1.54) is 4.90 Å². The summed E-state index contributed by atoms with van der Waals surface area (Å²) in [7, 11) is 0. The average molecular weight is 196 g/mol. The van der Waals surface area contributed by atoms with E-state index in [9.17, 15) is 13.2 Å². The third kappa shape index (κ3) is 3.95. The summed E-state index contributed by atoms with van der Waals surface area (Å²) in [5.74, 6) is 0. The van der Waals surface area contributed by atoms with Crippen LogP contribution < -0.4 is 5.32 Å². The standard InChI is InChI=1S/C8H15F3N2/c1-2-12-7-3-4-13(5-7)6-8(9,10)11/h7,12H,2-6H2,1H3. The molecule has 1 atom stereocenters. The molecule has 1 unspecified atom stereocenters. The minimum absolute atomic E-state index is 0.243. The van der Waals surface area contributed by atoms with Crippen molar-refractivity contribution in [3.8, 4) is 0 Å². The molecule has 1 aliphatic rings. The number of halogens is 3. The number of likely N-dealkylation sites (tertiary alicyclic amines) is 1. The summed E-state index contributed by atoms with van der Waals surface area (Å²) in [6.45, 7) is 3.09. The van der Waals surface area contributed by atoms with Crippen molar-refractivity contribution in [2.24, 2.45) is 0 Å². The molecule has 1 heterocycles. The first kappa shape index (κ1) is 10.8. The number of likely N-dealkylation sites (N-methyl/N-ethyl adjacent to an activating group) is 1. The van der Waals surface area contributed by atoms with Gasteiger partial charge < -0.3 is 5.32 Å². The zero-order valence-electron chi connectivity index (χ0n) is 7.69. The molecule has 0 aromatic carbocycles. The Labute approximate surface area is 76.1 Å². The normalized spacial score (nSPS) is 25.4. The number of hydrogen-bond acceptors (Lipinski definition) is 2. The van der Waals surface area contributed by atoms with Gasteiger partial charge in [-0.15, -0.1) is 0 Å². The van der Waals surface area contributed by atoms with Gasteiger partial charge in [0, 0.05) is 19.1 Å². The number of nitrogens with zero attached hydrogens (tertiary/aromatic N) is 1. The Morgan fingerprint density at radius 3 is 2.69 bits per heavy atom. The zero-order valence-corrected chi connectivity index (χ0v) is 7.69. The van der Waals surface area contributed by atoms with Crippen LogP contribution in [0, 0.1) is 0 Å². The van der Waals surface area contributed by atoms with Gasteiger partial charge in [0.1, 0.15) is 0 Å². The number of hydrogen-bond donors (Lipinski definition) is 1. The van der Waals surface area contributed by atoms with Gasteiger partial charge in [-0.1, -0.05) is 6.92 Å². The summed E-state index contributed by atoms with van der Waals surface area (Å²) in [4.78, 5) is 1.45. The first-order chi connectivity index (χ1) is 6.01. The Balaban J connectivity index is 2.25. The molecule has 0 aliphatic carbocycles. The Bertz CT molecular complexity index is 158. The van der Waals surface area contributed by atoms with Gasteiger partial charge in [-0.2, -0.15) is 13.2 Å². The second kappa shape index (κ2) is 4.28. The highest BCUT2D eigenvalue weighted by atomic mass is 19.4. The van der Waals surface area contributed by atoms with Crippen LogP contribution in [0.3, 0.4) is 0 Å². The zero-order chi connectivity index (χ0) is 9.90. The quantitative estimate of drug-likeness (QED) is 0.730. The van der Waals surface area contributed by atoms with E-state index in [2.05, 4.69) is 5.32 Å². The second-order valence-electron chi connectivity index (χ2n) is 3.39. The minimum Gasteiger partial charge on any atom is -0.313 e. The molecule has 0 radical (unpaired) electrons. The van der Waals surface area contributed by atoms with Crippen molar-refractivity contribution in [2.75, 3.05) is 26.2 Å². The van der Waals surface area contributed by atoms with Crippen LogP contribution in [0.2, 0.25) is 0 Å². The van der Waals surface area contributed by atoms with Crippen LogP contribution in [0.15, 0.2) is 0 Å². The minimum atomic E-state index is -4.05. The smallest absolute Gasteiger partial charge is 0.313 e. The summed E-state index contributed by atoms with van der Waals surface area (Å²) in [6.07, 6.45) is -3.23. The summed E-state index contributed by atoms with van der Waals surface area (Å²) in [6, 6.07) is 0.243. The topological polar surface area (TPSA) is 15.3 Å². The molecule has 1 fully saturated rings. The molecule has 0 saturated carbocycles. The van der Waals surface area contributed by atoms with Crippen molar-refractivity contribution in [3.63, 3.8) is 0 Å². The Morgan fingerprint density at radius 1 is 1.46 bits per heavy atom. The third-order valence-electron chi connectivity index (χ3n) is 2.17. The fourth-order valence-corrected chi connectivity index (χ4v) is 1.69. The molecule has 1 aliphatic heterocycles. The molecule has 0 aromatic rings. The summed E-state index contributed by atoms with van der Waals surface area (Å²) < 4.78 is 35.9. The van der Waals surface area contributed by atoms with E-state index in [-0.39, 0.29) is 6.04 Å².